The minimum absolute atomic E-state index is 0.191. The van der Waals surface area contributed by atoms with E-state index in [1.807, 2.05) is 0 Å². The summed E-state index contributed by atoms with van der Waals surface area (Å²) in [5, 5.41) is 3.46. The molecule has 25 heavy (non-hydrogen) atoms. The van der Waals surface area contributed by atoms with Gasteiger partial charge in [0.1, 0.15) is 5.54 Å². The van der Waals surface area contributed by atoms with Crippen LogP contribution in [0.1, 0.15) is 63.9 Å². The molecule has 4 heteroatoms. The zero-order valence-electron chi connectivity index (χ0n) is 15.7. The summed E-state index contributed by atoms with van der Waals surface area (Å²) in [4.78, 5) is 14.7. The van der Waals surface area contributed by atoms with E-state index >= 15 is 0 Å². The highest BCUT2D eigenvalue weighted by Crippen LogP contribution is 2.38. The number of benzene rings is 1. The van der Waals surface area contributed by atoms with Crippen molar-refractivity contribution in [3.05, 3.63) is 35.9 Å². The largest absolute Gasteiger partial charge is 0.368 e. The topological polar surface area (TPSA) is 58.4 Å². The molecular formula is C21H33N3O. The Morgan fingerprint density at radius 3 is 2.40 bits per heavy atom. The van der Waals surface area contributed by atoms with Crippen molar-refractivity contribution in [2.75, 3.05) is 13.1 Å². The average Bonchev–Trinajstić information content (AvgIpc) is 2.62. The SMILES string of the molecule is CC(C)NC1(C(N)=O)CCN(C2CCCCC2c2ccccc2)CC1. The van der Waals surface area contributed by atoms with Crippen LogP contribution < -0.4 is 11.1 Å². The third-order valence-corrected chi connectivity index (χ3v) is 6.11. The normalized spacial score (nSPS) is 27.3. The summed E-state index contributed by atoms with van der Waals surface area (Å²) in [5.41, 5.74) is 6.72. The van der Waals surface area contributed by atoms with Gasteiger partial charge in [-0.25, -0.2) is 0 Å². The molecule has 1 aliphatic heterocycles. The van der Waals surface area contributed by atoms with E-state index < -0.39 is 5.54 Å². The Morgan fingerprint density at radius 1 is 1.16 bits per heavy atom. The van der Waals surface area contributed by atoms with Crippen LogP contribution in [0.5, 0.6) is 0 Å². The number of nitrogens with zero attached hydrogens (tertiary/aromatic N) is 1. The van der Waals surface area contributed by atoms with Crippen LogP contribution in [0, 0.1) is 0 Å². The van der Waals surface area contributed by atoms with Crippen molar-refractivity contribution in [2.45, 2.75) is 75.9 Å². The number of primary amides is 1. The lowest BCUT2D eigenvalue weighted by Gasteiger charge is -2.47. The summed E-state index contributed by atoms with van der Waals surface area (Å²) in [5.74, 6) is 0.429. The second-order valence-electron chi connectivity index (χ2n) is 8.15. The molecule has 2 aliphatic rings. The van der Waals surface area contributed by atoms with E-state index in [9.17, 15) is 4.79 Å². The number of likely N-dealkylation sites (tertiary alicyclic amines) is 1. The van der Waals surface area contributed by atoms with Crippen LogP contribution >= 0.6 is 0 Å². The van der Waals surface area contributed by atoms with E-state index in [0.29, 0.717) is 12.0 Å². The number of hydrogen-bond donors (Lipinski definition) is 2. The minimum atomic E-state index is -0.526. The molecular weight excluding hydrogens is 310 g/mol. The van der Waals surface area contributed by atoms with Crippen LogP contribution in [0.3, 0.4) is 0 Å². The molecule has 2 fully saturated rings. The Morgan fingerprint density at radius 2 is 1.80 bits per heavy atom. The van der Waals surface area contributed by atoms with Gasteiger partial charge in [-0.05, 0) is 51.0 Å². The van der Waals surface area contributed by atoms with E-state index in [4.69, 9.17) is 5.73 Å². The van der Waals surface area contributed by atoms with Gasteiger partial charge in [-0.15, -0.1) is 0 Å². The molecule has 1 saturated heterocycles. The van der Waals surface area contributed by atoms with E-state index in [1.165, 1.54) is 31.2 Å². The van der Waals surface area contributed by atoms with Gasteiger partial charge in [0.2, 0.25) is 5.91 Å². The molecule has 0 spiro atoms. The zero-order chi connectivity index (χ0) is 17.9. The van der Waals surface area contributed by atoms with Gasteiger partial charge in [-0.1, -0.05) is 43.2 Å². The molecule has 2 unspecified atom stereocenters. The maximum Gasteiger partial charge on any atom is 0.237 e. The van der Waals surface area contributed by atoms with Gasteiger partial charge in [0.05, 0.1) is 0 Å². The molecule has 0 aromatic heterocycles. The number of amides is 1. The molecule has 1 amide bonds. The molecule has 0 radical (unpaired) electrons. The Hall–Kier alpha value is -1.39. The molecule has 1 aromatic carbocycles. The quantitative estimate of drug-likeness (QED) is 0.864. The Kier molecular flexibility index (Phi) is 5.80. The standard InChI is InChI=1S/C21H33N3O/c1-16(2)23-21(20(22)25)12-14-24(15-13-21)19-11-7-6-10-18(19)17-8-4-3-5-9-17/h3-5,8-9,16,18-19,23H,6-7,10-15H2,1-2H3,(H2,22,25). The van der Waals surface area contributed by atoms with Gasteiger partial charge < -0.3 is 11.1 Å². The van der Waals surface area contributed by atoms with Crippen molar-refractivity contribution in [3.8, 4) is 0 Å². The number of carbonyl (C=O) groups is 1. The molecule has 138 valence electrons. The van der Waals surface area contributed by atoms with Crippen LogP contribution in [-0.2, 0) is 4.79 Å². The van der Waals surface area contributed by atoms with Crippen molar-refractivity contribution >= 4 is 5.91 Å². The molecule has 0 bridgehead atoms. The summed E-state index contributed by atoms with van der Waals surface area (Å²) in [6.07, 6.45) is 6.81. The fourth-order valence-corrected chi connectivity index (χ4v) is 4.89. The number of nitrogens with two attached hydrogens (primary N) is 1. The predicted molar refractivity (Wildman–Crippen MR) is 102 cm³/mol. The van der Waals surface area contributed by atoms with E-state index in [1.54, 1.807) is 0 Å². The zero-order valence-corrected chi connectivity index (χ0v) is 15.7. The summed E-state index contributed by atoms with van der Waals surface area (Å²) in [6.45, 7) is 6.08. The van der Waals surface area contributed by atoms with E-state index in [0.717, 1.165) is 25.9 Å². The number of piperidine rings is 1. The smallest absolute Gasteiger partial charge is 0.237 e. The van der Waals surface area contributed by atoms with Gasteiger partial charge in [0.25, 0.3) is 0 Å². The lowest BCUT2D eigenvalue weighted by Crippen LogP contribution is -2.63. The minimum Gasteiger partial charge on any atom is -0.368 e. The van der Waals surface area contributed by atoms with Crippen LogP contribution in [0.4, 0.5) is 0 Å². The van der Waals surface area contributed by atoms with Crippen molar-refractivity contribution in [1.29, 1.82) is 0 Å². The van der Waals surface area contributed by atoms with Gasteiger partial charge >= 0.3 is 0 Å². The first-order valence-corrected chi connectivity index (χ1v) is 9.88. The fraction of sp³-hybridized carbons (Fsp3) is 0.667. The van der Waals surface area contributed by atoms with Crippen molar-refractivity contribution in [1.82, 2.24) is 10.2 Å². The predicted octanol–water partition coefficient (Wildman–Crippen LogP) is 3.03. The van der Waals surface area contributed by atoms with Gasteiger partial charge in [-0.2, -0.15) is 0 Å². The summed E-state index contributed by atoms with van der Waals surface area (Å²) in [6, 6.07) is 11.8. The second-order valence-corrected chi connectivity index (χ2v) is 8.15. The number of hydrogen-bond acceptors (Lipinski definition) is 3. The molecule has 3 N–H and O–H groups in total. The number of rotatable bonds is 5. The van der Waals surface area contributed by atoms with Crippen LogP contribution in [0.25, 0.3) is 0 Å². The Labute approximate surface area is 152 Å². The highest BCUT2D eigenvalue weighted by atomic mass is 16.1. The summed E-state index contributed by atoms with van der Waals surface area (Å²) >= 11 is 0. The first-order valence-electron chi connectivity index (χ1n) is 9.88. The third-order valence-electron chi connectivity index (χ3n) is 6.11. The Balaban J connectivity index is 1.71. The van der Waals surface area contributed by atoms with Crippen molar-refractivity contribution < 1.29 is 4.79 Å². The molecule has 3 rings (SSSR count). The van der Waals surface area contributed by atoms with Gasteiger partial charge in [-0.3, -0.25) is 9.69 Å². The lowest BCUT2D eigenvalue weighted by atomic mass is 9.77. The second kappa shape index (κ2) is 7.88. The molecule has 1 aromatic rings. The van der Waals surface area contributed by atoms with Gasteiger partial charge in [0.15, 0.2) is 0 Å². The maximum absolute atomic E-state index is 12.1. The molecule has 1 saturated carbocycles. The summed E-state index contributed by atoms with van der Waals surface area (Å²) < 4.78 is 0. The van der Waals surface area contributed by atoms with Crippen molar-refractivity contribution in [2.24, 2.45) is 5.73 Å². The fourth-order valence-electron chi connectivity index (χ4n) is 4.89. The third kappa shape index (κ3) is 4.06. The monoisotopic (exact) mass is 343 g/mol. The van der Waals surface area contributed by atoms with Crippen molar-refractivity contribution in [3.63, 3.8) is 0 Å². The van der Waals surface area contributed by atoms with E-state index in [2.05, 4.69) is 54.4 Å². The molecule has 1 heterocycles. The highest BCUT2D eigenvalue weighted by Gasteiger charge is 2.42. The molecule has 1 aliphatic carbocycles. The number of nitrogens with one attached hydrogen (secondary N) is 1. The average molecular weight is 344 g/mol. The summed E-state index contributed by atoms with van der Waals surface area (Å²) in [7, 11) is 0. The molecule has 4 nitrogen and oxygen atoms in total. The Bertz CT molecular complexity index is 564. The highest BCUT2D eigenvalue weighted by molar-refractivity contribution is 5.84. The van der Waals surface area contributed by atoms with Crippen LogP contribution in [-0.4, -0.2) is 41.5 Å². The lowest BCUT2D eigenvalue weighted by molar-refractivity contribution is -0.127. The van der Waals surface area contributed by atoms with Crippen LogP contribution in [0.15, 0.2) is 30.3 Å². The van der Waals surface area contributed by atoms with Crippen LogP contribution in [0.2, 0.25) is 0 Å². The molecule has 2 atom stereocenters. The first kappa shape index (κ1) is 18.4. The first-order chi connectivity index (χ1) is 12.0. The maximum atomic E-state index is 12.1. The number of carbonyl (C=O) groups excluding carboxylic acids is 1. The van der Waals surface area contributed by atoms with E-state index in [-0.39, 0.29) is 11.9 Å². The van der Waals surface area contributed by atoms with Gasteiger partial charge in [0, 0.05) is 25.2 Å².